The summed E-state index contributed by atoms with van der Waals surface area (Å²) < 4.78 is 5.13. The van der Waals surface area contributed by atoms with Crippen molar-refractivity contribution in [3.8, 4) is 5.75 Å². The maximum absolute atomic E-state index is 11.9. The molecule has 0 atom stereocenters. The smallest absolute Gasteiger partial charge is 0.336 e. The second-order valence-corrected chi connectivity index (χ2v) is 5.55. The maximum Gasteiger partial charge on any atom is 0.336 e. The van der Waals surface area contributed by atoms with Gasteiger partial charge in [0, 0.05) is 11.8 Å². The van der Waals surface area contributed by atoms with E-state index < -0.39 is 5.97 Å². The molecule has 0 aliphatic carbocycles. The number of anilines is 1. The van der Waals surface area contributed by atoms with Crippen LogP contribution in [0.4, 0.5) is 5.69 Å². The zero-order valence-electron chi connectivity index (χ0n) is 11.8. The Bertz CT molecular complexity index is 653. The Kier molecular flexibility index (Phi) is 4.90. The van der Waals surface area contributed by atoms with Crippen molar-refractivity contribution in [3.05, 3.63) is 58.3 Å². The molecule has 1 aromatic carbocycles. The number of nitrogens with one attached hydrogen (secondary N) is 1. The van der Waals surface area contributed by atoms with Crippen LogP contribution in [0.3, 0.4) is 0 Å². The fraction of sp³-hybridized carbons (Fsp3) is 0.125. The third-order valence-corrected chi connectivity index (χ3v) is 3.35. The molecule has 0 saturated carbocycles. The fourth-order valence-corrected chi connectivity index (χ4v) is 2.21. The molecule has 0 aliphatic rings. The molecule has 0 saturated heterocycles. The predicted molar refractivity (Wildman–Crippen MR) is 83.8 cm³/mol. The van der Waals surface area contributed by atoms with E-state index >= 15 is 0 Å². The highest BCUT2D eigenvalue weighted by Crippen LogP contribution is 2.18. The Morgan fingerprint density at radius 1 is 1.14 bits per heavy atom. The number of allylic oxidation sites excluding steroid dienone is 1. The van der Waals surface area contributed by atoms with Crippen LogP contribution < -0.4 is 10.1 Å². The standard InChI is InChI=1S/C16H15NO3S/c1-11(2)10-15(18)20-13-7-5-12(6-8-13)17-16(19)14-4-3-9-21-14/h3-10H,1-2H3,(H,17,19). The van der Waals surface area contributed by atoms with Crippen molar-refractivity contribution in [2.24, 2.45) is 0 Å². The molecule has 1 amide bonds. The van der Waals surface area contributed by atoms with Gasteiger partial charge in [-0.25, -0.2) is 4.79 Å². The molecule has 1 aromatic heterocycles. The van der Waals surface area contributed by atoms with Crippen LogP contribution in [-0.4, -0.2) is 11.9 Å². The van der Waals surface area contributed by atoms with Gasteiger partial charge in [-0.05, 0) is 49.6 Å². The lowest BCUT2D eigenvalue weighted by molar-refractivity contribution is -0.129. The van der Waals surface area contributed by atoms with E-state index in [1.54, 1.807) is 30.3 Å². The lowest BCUT2D eigenvalue weighted by Crippen LogP contribution is -2.10. The zero-order valence-corrected chi connectivity index (χ0v) is 12.6. The van der Waals surface area contributed by atoms with Gasteiger partial charge in [-0.2, -0.15) is 0 Å². The monoisotopic (exact) mass is 301 g/mol. The number of thiophene rings is 1. The minimum atomic E-state index is -0.412. The van der Waals surface area contributed by atoms with Crippen LogP contribution in [0.1, 0.15) is 23.5 Å². The lowest BCUT2D eigenvalue weighted by atomic mass is 10.3. The Balaban J connectivity index is 1.97. The highest BCUT2D eigenvalue weighted by atomic mass is 32.1. The van der Waals surface area contributed by atoms with Crippen LogP contribution in [0.2, 0.25) is 0 Å². The van der Waals surface area contributed by atoms with E-state index in [4.69, 9.17) is 4.74 Å². The summed E-state index contributed by atoms with van der Waals surface area (Å²) in [6.07, 6.45) is 1.42. The first-order chi connectivity index (χ1) is 10.0. The Labute approximate surface area is 127 Å². The van der Waals surface area contributed by atoms with Gasteiger partial charge in [-0.15, -0.1) is 11.3 Å². The van der Waals surface area contributed by atoms with Crippen molar-refractivity contribution >= 4 is 28.9 Å². The van der Waals surface area contributed by atoms with Gasteiger partial charge in [0.05, 0.1) is 4.88 Å². The van der Waals surface area contributed by atoms with Gasteiger partial charge in [-0.1, -0.05) is 11.6 Å². The number of carbonyl (C=O) groups is 2. The molecule has 1 N–H and O–H groups in total. The summed E-state index contributed by atoms with van der Waals surface area (Å²) in [5, 5.41) is 4.62. The van der Waals surface area contributed by atoms with Gasteiger partial charge in [0.15, 0.2) is 0 Å². The van der Waals surface area contributed by atoms with Crippen molar-refractivity contribution < 1.29 is 14.3 Å². The molecule has 2 aromatic rings. The normalized spacial score (nSPS) is 9.81. The minimum Gasteiger partial charge on any atom is -0.423 e. The van der Waals surface area contributed by atoms with Crippen LogP contribution >= 0.6 is 11.3 Å². The molecule has 2 rings (SSSR count). The van der Waals surface area contributed by atoms with E-state index in [0.29, 0.717) is 16.3 Å². The fourth-order valence-electron chi connectivity index (χ4n) is 1.59. The Morgan fingerprint density at radius 3 is 2.43 bits per heavy atom. The molecular formula is C16H15NO3S. The van der Waals surface area contributed by atoms with E-state index in [9.17, 15) is 9.59 Å². The average molecular weight is 301 g/mol. The molecule has 0 spiro atoms. The molecular weight excluding hydrogens is 286 g/mol. The van der Waals surface area contributed by atoms with Gasteiger partial charge >= 0.3 is 5.97 Å². The number of hydrogen-bond donors (Lipinski definition) is 1. The van der Waals surface area contributed by atoms with Crippen molar-refractivity contribution in [1.29, 1.82) is 0 Å². The minimum absolute atomic E-state index is 0.153. The maximum atomic E-state index is 11.9. The zero-order chi connectivity index (χ0) is 15.2. The number of amides is 1. The molecule has 21 heavy (non-hydrogen) atoms. The van der Waals surface area contributed by atoms with Gasteiger partial charge in [0.25, 0.3) is 5.91 Å². The third-order valence-electron chi connectivity index (χ3n) is 2.48. The lowest BCUT2D eigenvalue weighted by Gasteiger charge is -2.05. The summed E-state index contributed by atoms with van der Waals surface area (Å²) in [6.45, 7) is 3.65. The van der Waals surface area contributed by atoms with Gasteiger partial charge in [-0.3, -0.25) is 4.79 Å². The van der Waals surface area contributed by atoms with E-state index in [2.05, 4.69) is 5.32 Å². The van der Waals surface area contributed by atoms with Gasteiger partial charge < -0.3 is 10.1 Å². The molecule has 0 unspecified atom stereocenters. The van der Waals surface area contributed by atoms with Gasteiger partial charge in [0.1, 0.15) is 5.75 Å². The largest absolute Gasteiger partial charge is 0.423 e. The van der Waals surface area contributed by atoms with Crippen molar-refractivity contribution in [2.45, 2.75) is 13.8 Å². The number of benzene rings is 1. The summed E-state index contributed by atoms with van der Waals surface area (Å²) >= 11 is 1.38. The number of ether oxygens (including phenoxy) is 1. The quantitative estimate of drug-likeness (QED) is 0.530. The highest BCUT2D eigenvalue weighted by molar-refractivity contribution is 7.12. The van der Waals surface area contributed by atoms with E-state index in [1.807, 2.05) is 25.3 Å². The molecule has 108 valence electrons. The van der Waals surface area contributed by atoms with Crippen LogP contribution in [0, 0.1) is 0 Å². The average Bonchev–Trinajstić information content (AvgIpc) is 2.94. The van der Waals surface area contributed by atoms with E-state index in [-0.39, 0.29) is 5.91 Å². The SMILES string of the molecule is CC(C)=CC(=O)Oc1ccc(NC(=O)c2cccs2)cc1. The summed E-state index contributed by atoms with van der Waals surface area (Å²) in [4.78, 5) is 24.0. The molecule has 4 nitrogen and oxygen atoms in total. The van der Waals surface area contributed by atoms with Crippen LogP contribution in [0.25, 0.3) is 0 Å². The Hall–Kier alpha value is -2.40. The molecule has 0 aliphatic heterocycles. The number of esters is 1. The number of rotatable bonds is 4. The van der Waals surface area contributed by atoms with E-state index in [0.717, 1.165) is 5.57 Å². The second-order valence-electron chi connectivity index (χ2n) is 4.60. The number of carbonyl (C=O) groups excluding carboxylic acids is 2. The molecule has 0 fully saturated rings. The molecule has 0 bridgehead atoms. The van der Waals surface area contributed by atoms with Gasteiger partial charge in [0.2, 0.25) is 0 Å². The Morgan fingerprint density at radius 2 is 1.86 bits per heavy atom. The second kappa shape index (κ2) is 6.85. The third kappa shape index (κ3) is 4.57. The van der Waals surface area contributed by atoms with E-state index in [1.165, 1.54) is 17.4 Å². The summed E-state index contributed by atoms with van der Waals surface area (Å²) in [7, 11) is 0. The summed E-state index contributed by atoms with van der Waals surface area (Å²) in [5.74, 6) is -0.128. The molecule has 1 heterocycles. The first-order valence-corrected chi connectivity index (χ1v) is 7.24. The molecule has 0 radical (unpaired) electrons. The summed E-state index contributed by atoms with van der Waals surface area (Å²) in [6, 6.07) is 10.2. The molecule has 5 heteroatoms. The number of hydrogen-bond acceptors (Lipinski definition) is 4. The summed E-state index contributed by atoms with van der Waals surface area (Å²) in [5.41, 5.74) is 1.52. The first-order valence-electron chi connectivity index (χ1n) is 6.36. The van der Waals surface area contributed by atoms with Crippen LogP contribution in [0.5, 0.6) is 5.75 Å². The topological polar surface area (TPSA) is 55.4 Å². The van der Waals surface area contributed by atoms with Crippen molar-refractivity contribution in [1.82, 2.24) is 0 Å². The predicted octanol–water partition coefficient (Wildman–Crippen LogP) is 3.87. The van der Waals surface area contributed by atoms with Crippen LogP contribution in [-0.2, 0) is 4.79 Å². The van der Waals surface area contributed by atoms with Crippen LogP contribution in [0.15, 0.2) is 53.4 Å². The highest BCUT2D eigenvalue weighted by Gasteiger charge is 2.07. The van der Waals surface area contributed by atoms with Crippen molar-refractivity contribution in [3.63, 3.8) is 0 Å². The van der Waals surface area contributed by atoms with Crippen molar-refractivity contribution in [2.75, 3.05) is 5.32 Å². The first kappa shape index (κ1) is 15.0.